The van der Waals surface area contributed by atoms with Crippen LogP contribution < -0.4 is 10.6 Å². The molecule has 0 bridgehead atoms. The molecule has 0 fully saturated rings. The molecular formula is C17H20BrN3. The minimum Gasteiger partial charge on any atom is -0.355 e. The van der Waals surface area contributed by atoms with Crippen LogP contribution >= 0.6 is 15.9 Å². The smallest absolute Gasteiger partial charge is 0.133 e. The number of benzene rings is 1. The molecule has 1 aromatic carbocycles. The first-order chi connectivity index (χ1) is 10.2. The third-order valence-corrected chi connectivity index (χ3v) is 4.49. The molecule has 0 aliphatic heterocycles. The molecule has 0 radical (unpaired) electrons. The first-order valence-electron chi connectivity index (χ1n) is 7.34. The molecular weight excluding hydrogens is 326 g/mol. The Kier molecular flexibility index (Phi) is 4.27. The van der Waals surface area contributed by atoms with Gasteiger partial charge in [0.1, 0.15) is 5.82 Å². The Morgan fingerprint density at radius 2 is 2.14 bits per heavy atom. The second-order valence-corrected chi connectivity index (χ2v) is 6.54. The van der Waals surface area contributed by atoms with Crippen molar-refractivity contribution in [3.63, 3.8) is 0 Å². The summed E-state index contributed by atoms with van der Waals surface area (Å²) in [5.74, 6) is 1.03. The molecule has 3 nitrogen and oxygen atoms in total. The molecule has 21 heavy (non-hydrogen) atoms. The van der Waals surface area contributed by atoms with Crippen molar-refractivity contribution in [2.75, 3.05) is 11.9 Å². The lowest BCUT2D eigenvalue weighted by Crippen LogP contribution is -2.21. The minimum absolute atomic E-state index is 0.540. The van der Waals surface area contributed by atoms with Gasteiger partial charge in [0, 0.05) is 35.9 Å². The number of hydrogen-bond acceptors (Lipinski definition) is 3. The van der Waals surface area contributed by atoms with Crippen LogP contribution in [0.2, 0.25) is 0 Å². The highest BCUT2D eigenvalue weighted by molar-refractivity contribution is 9.10. The molecule has 0 amide bonds. The van der Waals surface area contributed by atoms with E-state index in [1.807, 2.05) is 6.07 Å². The van der Waals surface area contributed by atoms with E-state index in [1.54, 1.807) is 0 Å². The minimum atomic E-state index is 0.540. The molecule has 0 saturated carbocycles. The number of fused-ring (bicyclic) bond motifs is 1. The lowest BCUT2D eigenvalue weighted by atomic mass is 10.1. The van der Waals surface area contributed by atoms with Gasteiger partial charge in [-0.15, -0.1) is 0 Å². The molecule has 4 heteroatoms. The van der Waals surface area contributed by atoms with Crippen LogP contribution in [-0.4, -0.2) is 12.0 Å². The van der Waals surface area contributed by atoms with Crippen LogP contribution in [0, 0.1) is 0 Å². The maximum Gasteiger partial charge on any atom is 0.133 e. The van der Waals surface area contributed by atoms with Gasteiger partial charge in [-0.25, -0.2) is 4.98 Å². The number of aryl methyl sites for hydroxylation is 2. The molecule has 0 atom stereocenters. The summed E-state index contributed by atoms with van der Waals surface area (Å²) in [6.45, 7) is 1.37. The van der Waals surface area contributed by atoms with Gasteiger partial charge < -0.3 is 10.6 Å². The summed E-state index contributed by atoms with van der Waals surface area (Å²) in [4.78, 5) is 7.07. The highest BCUT2D eigenvalue weighted by Gasteiger charge is 2.18. The van der Waals surface area contributed by atoms with E-state index in [0.29, 0.717) is 6.54 Å². The third-order valence-electron chi connectivity index (χ3n) is 4.00. The van der Waals surface area contributed by atoms with Crippen molar-refractivity contribution in [2.45, 2.75) is 32.4 Å². The van der Waals surface area contributed by atoms with Crippen LogP contribution in [0.3, 0.4) is 0 Å². The number of aromatic nitrogens is 1. The molecule has 2 N–H and O–H groups in total. The molecule has 0 spiro atoms. The summed E-state index contributed by atoms with van der Waals surface area (Å²) in [5, 5.41) is 0. The molecule has 2 aromatic rings. The molecule has 0 saturated heterocycles. The number of nitrogens with two attached hydrogens (primary N) is 1. The van der Waals surface area contributed by atoms with Gasteiger partial charge in [0.2, 0.25) is 0 Å². The monoisotopic (exact) mass is 345 g/mol. The summed E-state index contributed by atoms with van der Waals surface area (Å²) in [6, 6.07) is 10.6. The zero-order chi connectivity index (χ0) is 14.8. The van der Waals surface area contributed by atoms with Crippen LogP contribution in [0.15, 0.2) is 34.8 Å². The average molecular weight is 346 g/mol. The Labute approximate surface area is 134 Å². The zero-order valence-electron chi connectivity index (χ0n) is 12.3. The van der Waals surface area contributed by atoms with Gasteiger partial charge in [-0.1, -0.05) is 28.1 Å². The Hall–Kier alpha value is -1.39. The number of hydrogen-bond donors (Lipinski definition) is 1. The zero-order valence-corrected chi connectivity index (χ0v) is 13.9. The first kappa shape index (κ1) is 14.5. The fraction of sp³-hybridized carbons (Fsp3) is 0.353. The highest BCUT2D eigenvalue weighted by atomic mass is 79.9. The molecule has 1 aliphatic carbocycles. The topological polar surface area (TPSA) is 42.2 Å². The Morgan fingerprint density at radius 3 is 2.90 bits per heavy atom. The van der Waals surface area contributed by atoms with E-state index >= 15 is 0 Å². The predicted molar refractivity (Wildman–Crippen MR) is 90.4 cm³/mol. The predicted octanol–water partition coefficient (Wildman–Crippen LogP) is 3.43. The van der Waals surface area contributed by atoms with Crippen LogP contribution in [-0.2, 0) is 25.9 Å². The summed E-state index contributed by atoms with van der Waals surface area (Å²) in [5.41, 5.74) is 11.0. The number of halogens is 1. The normalized spacial score (nSPS) is 13.3. The maximum absolute atomic E-state index is 5.93. The van der Waals surface area contributed by atoms with E-state index in [2.05, 4.69) is 52.1 Å². The Balaban J connectivity index is 1.88. The van der Waals surface area contributed by atoms with Crippen LogP contribution in [0.25, 0.3) is 0 Å². The number of anilines is 1. The van der Waals surface area contributed by atoms with Gasteiger partial charge in [-0.2, -0.15) is 0 Å². The van der Waals surface area contributed by atoms with Crippen molar-refractivity contribution in [3.8, 4) is 0 Å². The molecule has 1 aliphatic rings. The van der Waals surface area contributed by atoms with Gasteiger partial charge in [-0.3, -0.25) is 0 Å². The number of nitrogens with zero attached hydrogens (tertiary/aromatic N) is 2. The van der Waals surface area contributed by atoms with Crippen LogP contribution in [0.4, 0.5) is 5.82 Å². The van der Waals surface area contributed by atoms with Gasteiger partial charge in [0.15, 0.2) is 0 Å². The second kappa shape index (κ2) is 6.16. The average Bonchev–Trinajstić information content (AvgIpc) is 2.93. The lowest BCUT2D eigenvalue weighted by molar-refractivity contribution is 0.858. The molecule has 1 heterocycles. The van der Waals surface area contributed by atoms with Crippen molar-refractivity contribution >= 4 is 21.7 Å². The molecule has 3 rings (SSSR count). The summed E-state index contributed by atoms with van der Waals surface area (Å²) in [7, 11) is 2.09. The quantitative estimate of drug-likeness (QED) is 0.922. The number of rotatable bonds is 4. The largest absolute Gasteiger partial charge is 0.355 e. The van der Waals surface area contributed by atoms with Crippen molar-refractivity contribution in [1.82, 2.24) is 4.98 Å². The lowest BCUT2D eigenvalue weighted by Gasteiger charge is -2.22. The molecule has 1 aromatic heterocycles. The maximum atomic E-state index is 5.93. The summed E-state index contributed by atoms with van der Waals surface area (Å²) in [6.07, 6.45) is 3.45. The van der Waals surface area contributed by atoms with Gasteiger partial charge in [0.05, 0.1) is 0 Å². The number of pyridine rings is 1. The van der Waals surface area contributed by atoms with Crippen LogP contribution in [0.5, 0.6) is 0 Å². The fourth-order valence-corrected chi connectivity index (χ4v) is 3.42. The van der Waals surface area contributed by atoms with Crippen molar-refractivity contribution in [2.24, 2.45) is 5.73 Å². The van der Waals surface area contributed by atoms with Gasteiger partial charge in [0.25, 0.3) is 0 Å². The van der Waals surface area contributed by atoms with Gasteiger partial charge in [-0.05, 0) is 48.6 Å². The van der Waals surface area contributed by atoms with Crippen molar-refractivity contribution in [3.05, 3.63) is 57.2 Å². The first-order valence-corrected chi connectivity index (χ1v) is 8.14. The SMILES string of the molecule is CN(Cc1cccc(Br)c1)c1nc2c(cc1CN)CCC2. The van der Waals surface area contributed by atoms with E-state index in [9.17, 15) is 0 Å². The van der Waals surface area contributed by atoms with Gasteiger partial charge >= 0.3 is 0 Å². The van der Waals surface area contributed by atoms with E-state index in [1.165, 1.54) is 23.2 Å². The molecule has 110 valence electrons. The highest BCUT2D eigenvalue weighted by Crippen LogP contribution is 2.27. The summed E-state index contributed by atoms with van der Waals surface area (Å²) >= 11 is 3.52. The Morgan fingerprint density at radius 1 is 1.29 bits per heavy atom. The summed E-state index contributed by atoms with van der Waals surface area (Å²) < 4.78 is 1.11. The van der Waals surface area contributed by atoms with E-state index in [-0.39, 0.29) is 0 Å². The third kappa shape index (κ3) is 3.11. The van der Waals surface area contributed by atoms with E-state index in [4.69, 9.17) is 10.7 Å². The fourth-order valence-electron chi connectivity index (χ4n) is 2.97. The van der Waals surface area contributed by atoms with Crippen molar-refractivity contribution in [1.29, 1.82) is 0 Å². The second-order valence-electron chi connectivity index (χ2n) is 5.62. The van der Waals surface area contributed by atoms with Crippen LogP contribution in [0.1, 0.15) is 28.8 Å². The molecule has 0 unspecified atom stereocenters. The van der Waals surface area contributed by atoms with E-state index < -0.39 is 0 Å². The van der Waals surface area contributed by atoms with Crippen molar-refractivity contribution < 1.29 is 0 Å². The van der Waals surface area contributed by atoms with E-state index in [0.717, 1.165) is 35.2 Å². The standard InChI is InChI=1S/C17H20BrN3/c1-21(11-12-4-2-6-15(18)8-12)17-14(10-19)9-13-5-3-7-16(13)20-17/h2,4,6,8-9H,3,5,7,10-11,19H2,1H3. The Bertz CT molecular complexity index is 654.